The number of nitrogens with two attached hydrogens (primary N) is 1. The molecule has 166 valence electrons. The lowest BCUT2D eigenvalue weighted by Gasteiger charge is -2.22. The third-order valence-corrected chi connectivity index (χ3v) is 5.54. The van der Waals surface area contributed by atoms with Crippen LogP contribution < -0.4 is 11.1 Å². The van der Waals surface area contributed by atoms with Gasteiger partial charge in [0.25, 0.3) is 5.91 Å². The highest BCUT2D eigenvalue weighted by Gasteiger charge is 2.20. The third kappa shape index (κ3) is 5.03. The zero-order valence-corrected chi connectivity index (χ0v) is 17.8. The summed E-state index contributed by atoms with van der Waals surface area (Å²) in [6.45, 7) is 1.32. The summed E-state index contributed by atoms with van der Waals surface area (Å²) in [7, 11) is 0. The Bertz CT molecular complexity index is 1130. The molecule has 2 aromatic carbocycles. The molecule has 1 saturated heterocycles. The van der Waals surface area contributed by atoms with Gasteiger partial charge in [-0.2, -0.15) is 0 Å². The van der Waals surface area contributed by atoms with E-state index in [4.69, 9.17) is 22.1 Å². The predicted molar refractivity (Wildman–Crippen MR) is 117 cm³/mol. The van der Waals surface area contributed by atoms with E-state index in [0.29, 0.717) is 30.0 Å². The van der Waals surface area contributed by atoms with Crippen molar-refractivity contribution in [1.29, 1.82) is 0 Å². The summed E-state index contributed by atoms with van der Waals surface area (Å²) in [4.78, 5) is 21.3. The average molecular weight is 459 g/mol. The number of ether oxygens (including phenoxy) is 1. The van der Waals surface area contributed by atoms with Crippen molar-refractivity contribution < 1.29 is 18.3 Å². The molecule has 0 bridgehead atoms. The third-order valence-electron chi connectivity index (χ3n) is 5.32. The Hall–Kier alpha value is -3.10. The number of hydrogen-bond donors (Lipinski definition) is 2. The van der Waals surface area contributed by atoms with Gasteiger partial charge in [-0.05, 0) is 48.7 Å². The number of anilines is 1. The fourth-order valence-corrected chi connectivity index (χ4v) is 3.90. The van der Waals surface area contributed by atoms with Gasteiger partial charge >= 0.3 is 0 Å². The molecule has 1 aliphatic rings. The lowest BCUT2D eigenvalue weighted by molar-refractivity contribution is 0.0844. The number of carbonyl (C=O) groups excluding carboxylic acids is 1. The Labute approximate surface area is 188 Å². The summed E-state index contributed by atoms with van der Waals surface area (Å²) >= 11 is 5.82. The van der Waals surface area contributed by atoms with Crippen molar-refractivity contribution in [3.63, 3.8) is 0 Å². The molecule has 9 heteroatoms. The Kier molecular flexibility index (Phi) is 6.62. The first-order chi connectivity index (χ1) is 15.4. The molecule has 0 saturated carbocycles. The normalized spacial score (nSPS) is 14.3. The summed E-state index contributed by atoms with van der Waals surface area (Å²) in [6.07, 6.45) is 3.32. The molecule has 0 aliphatic carbocycles. The lowest BCUT2D eigenvalue weighted by Crippen LogP contribution is -2.24. The smallest absolute Gasteiger partial charge is 0.254 e. The van der Waals surface area contributed by atoms with E-state index in [1.807, 2.05) is 0 Å². The van der Waals surface area contributed by atoms with Crippen LogP contribution in [0, 0.1) is 11.6 Å². The van der Waals surface area contributed by atoms with Gasteiger partial charge in [-0.15, -0.1) is 0 Å². The number of rotatable bonds is 5. The number of benzene rings is 2. The minimum atomic E-state index is -0.727. The molecule has 4 rings (SSSR count). The van der Waals surface area contributed by atoms with Gasteiger partial charge in [0.05, 0.1) is 17.5 Å². The van der Waals surface area contributed by atoms with Gasteiger partial charge < -0.3 is 15.8 Å². The Morgan fingerprint density at radius 1 is 1.19 bits per heavy atom. The lowest BCUT2D eigenvalue weighted by atomic mass is 9.96. The minimum absolute atomic E-state index is 0.00305. The number of amides is 1. The number of nitrogens with one attached hydrogen (secondary N) is 1. The molecular formula is C23H21ClF2N4O2. The highest BCUT2D eigenvalue weighted by atomic mass is 35.5. The molecule has 0 unspecified atom stereocenters. The van der Waals surface area contributed by atoms with Gasteiger partial charge in [0.1, 0.15) is 23.1 Å². The van der Waals surface area contributed by atoms with Crippen LogP contribution in [0.15, 0.2) is 42.6 Å². The molecule has 1 aliphatic heterocycles. The van der Waals surface area contributed by atoms with Gasteiger partial charge in [-0.25, -0.2) is 18.7 Å². The molecule has 3 N–H and O–H groups in total. The Balaban J connectivity index is 1.52. The first kappa shape index (κ1) is 22.1. The first-order valence-corrected chi connectivity index (χ1v) is 10.5. The van der Waals surface area contributed by atoms with E-state index in [2.05, 4.69) is 15.3 Å². The largest absolute Gasteiger partial charge is 0.382 e. The molecule has 3 aromatic rings. The van der Waals surface area contributed by atoms with Crippen molar-refractivity contribution in [2.45, 2.75) is 25.3 Å². The average Bonchev–Trinajstić information content (AvgIpc) is 2.78. The zero-order chi connectivity index (χ0) is 22.7. The molecule has 2 heterocycles. The van der Waals surface area contributed by atoms with E-state index >= 15 is 0 Å². The van der Waals surface area contributed by atoms with Crippen molar-refractivity contribution in [2.24, 2.45) is 0 Å². The fourth-order valence-electron chi connectivity index (χ4n) is 3.65. The minimum Gasteiger partial charge on any atom is -0.382 e. The van der Waals surface area contributed by atoms with Crippen LogP contribution in [0.1, 0.15) is 40.4 Å². The summed E-state index contributed by atoms with van der Waals surface area (Å²) < 4.78 is 33.6. The maximum absolute atomic E-state index is 14.8. The number of halogens is 3. The maximum Gasteiger partial charge on any atom is 0.254 e. The van der Waals surface area contributed by atoms with Crippen molar-refractivity contribution in [3.05, 3.63) is 76.1 Å². The molecule has 32 heavy (non-hydrogen) atoms. The van der Waals surface area contributed by atoms with Crippen molar-refractivity contribution >= 4 is 23.3 Å². The van der Waals surface area contributed by atoms with E-state index in [-0.39, 0.29) is 28.9 Å². The van der Waals surface area contributed by atoms with Gasteiger partial charge in [-0.3, -0.25) is 4.79 Å². The SMILES string of the molecule is Nc1ncc(C2CCOCC2)nc1-c1ccc(C(=O)NCc2cc(F)cc(Cl)c2)c(F)c1. The van der Waals surface area contributed by atoms with Crippen LogP contribution in [0.3, 0.4) is 0 Å². The van der Waals surface area contributed by atoms with Crippen LogP contribution in [0.25, 0.3) is 11.3 Å². The summed E-state index contributed by atoms with van der Waals surface area (Å²) in [6, 6.07) is 8.08. The predicted octanol–water partition coefficient (Wildman–Crippen LogP) is 4.48. The first-order valence-electron chi connectivity index (χ1n) is 10.1. The summed E-state index contributed by atoms with van der Waals surface area (Å²) in [5.74, 6) is -1.49. The van der Waals surface area contributed by atoms with E-state index < -0.39 is 17.5 Å². The van der Waals surface area contributed by atoms with E-state index in [9.17, 15) is 13.6 Å². The Morgan fingerprint density at radius 2 is 1.97 bits per heavy atom. The topological polar surface area (TPSA) is 90.1 Å². The second-order valence-electron chi connectivity index (χ2n) is 7.57. The van der Waals surface area contributed by atoms with E-state index in [0.717, 1.165) is 24.6 Å². The Morgan fingerprint density at radius 3 is 2.69 bits per heavy atom. The standard InChI is InChI=1S/C23H21ClF2N4O2/c24-16-7-13(8-17(25)10-16)11-29-23(31)18-2-1-15(9-19(18)26)21-22(27)28-12-20(30-21)14-3-5-32-6-4-14/h1-2,7-10,12,14H,3-6,11H2,(H2,27,28)(H,29,31). The van der Waals surface area contributed by atoms with Gasteiger partial charge in [-0.1, -0.05) is 17.7 Å². The van der Waals surface area contributed by atoms with Gasteiger partial charge in [0.15, 0.2) is 0 Å². The monoisotopic (exact) mass is 458 g/mol. The molecule has 0 radical (unpaired) electrons. The van der Waals surface area contributed by atoms with E-state index in [1.165, 1.54) is 24.3 Å². The van der Waals surface area contributed by atoms with Crippen LogP contribution in [-0.4, -0.2) is 29.1 Å². The number of carbonyl (C=O) groups is 1. The van der Waals surface area contributed by atoms with Gasteiger partial charge in [0, 0.05) is 36.3 Å². The maximum atomic E-state index is 14.8. The van der Waals surface area contributed by atoms with Crippen LogP contribution in [0.5, 0.6) is 0 Å². The molecule has 1 aromatic heterocycles. The van der Waals surface area contributed by atoms with Crippen molar-refractivity contribution in [3.8, 4) is 11.3 Å². The fraction of sp³-hybridized carbons (Fsp3) is 0.261. The molecular weight excluding hydrogens is 438 g/mol. The number of nitrogen functional groups attached to an aromatic ring is 1. The highest BCUT2D eigenvalue weighted by Crippen LogP contribution is 2.30. The van der Waals surface area contributed by atoms with Crippen LogP contribution in [-0.2, 0) is 11.3 Å². The van der Waals surface area contributed by atoms with Crippen molar-refractivity contribution in [1.82, 2.24) is 15.3 Å². The number of nitrogens with zero attached hydrogens (tertiary/aromatic N) is 2. The zero-order valence-electron chi connectivity index (χ0n) is 17.1. The molecule has 0 atom stereocenters. The molecule has 1 fully saturated rings. The molecule has 6 nitrogen and oxygen atoms in total. The summed E-state index contributed by atoms with van der Waals surface area (Å²) in [5, 5.41) is 2.78. The van der Waals surface area contributed by atoms with Gasteiger partial charge in [0.2, 0.25) is 0 Å². The molecule has 1 amide bonds. The van der Waals surface area contributed by atoms with E-state index in [1.54, 1.807) is 12.3 Å². The summed E-state index contributed by atoms with van der Waals surface area (Å²) in [5.41, 5.74) is 7.89. The second kappa shape index (κ2) is 9.58. The van der Waals surface area contributed by atoms with Crippen LogP contribution >= 0.6 is 11.6 Å². The highest BCUT2D eigenvalue weighted by molar-refractivity contribution is 6.30. The quantitative estimate of drug-likeness (QED) is 0.588. The second-order valence-corrected chi connectivity index (χ2v) is 8.01. The number of hydrogen-bond acceptors (Lipinski definition) is 5. The number of aromatic nitrogens is 2. The van der Waals surface area contributed by atoms with Crippen LogP contribution in [0.4, 0.5) is 14.6 Å². The van der Waals surface area contributed by atoms with Crippen LogP contribution in [0.2, 0.25) is 5.02 Å². The van der Waals surface area contributed by atoms with Crippen molar-refractivity contribution in [2.75, 3.05) is 18.9 Å². The molecule has 0 spiro atoms.